The average molecular weight is 283 g/mol. The molecule has 1 aromatic heterocycles. The largest absolute Gasteiger partial charge is 0.383 e. The monoisotopic (exact) mass is 283 g/mol. The zero-order valence-electron chi connectivity index (χ0n) is 12.6. The molecular weight excluding hydrogens is 262 g/mol. The van der Waals surface area contributed by atoms with Crippen LogP contribution in [0.4, 0.5) is 5.82 Å². The van der Waals surface area contributed by atoms with Gasteiger partial charge in [-0.15, -0.1) is 0 Å². The molecule has 4 nitrogen and oxygen atoms in total. The standard InChI is InChI=1S/C17H21N3O/c1-12-14(13-8-4-3-5-9-13)19-16(20-15(12)18)17(2)10-6-7-11-21-17/h3-5,8-9H,6-7,10-11H2,1-2H3,(H2,18,19,20). The summed E-state index contributed by atoms with van der Waals surface area (Å²) in [5, 5.41) is 0. The molecule has 1 aliphatic heterocycles. The van der Waals surface area contributed by atoms with Crippen molar-refractivity contribution in [2.75, 3.05) is 12.3 Å². The topological polar surface area (TPSA) is 61.0 Å². The Hall–Kier alpha value is -1.94. The molecule has 2 N–H and O–H groups in total. The van der Waals surface area contributed by atoms with Crippen molar-refractivity contribution >= 4 is 5.82 Å². The fourth-order valence-corrected chi connectivity index (χ4v) is 2.76. The van der Waals surface area contributed by atoms with Gasteiger partial charge >= 0.3 is 0 Å². The highest BCUT2D eigenvalue weighted by molar-refractivity contribution is 5.67. The molecule has 1 saturated heterocycles. The Morgan fingerprint density at radius 2 is 1.90 bits per heavy atom. The van der Waals surface area contributed by atoms with Gasteiger partial charge in [0.25, 0.3) is 0 Å². The van der Waals surface area contributed by atoms with E-state index in [2.05, 4.69) is 11.9 Å². The third kappa shape index (κ3) is 2.63. The number of ether oxygens (including phenoxy) is 1. The number of nitrogen functional groups attached to an aromatic ring is 1. The van der Waals surface area contributed by atoms with Crippen molar-refractivity contribution in [2.24, 2.45) is 0 Å². The van der Waals surface area contributed by atoms with E-state index in [1.807, 2.05) is 37.3 Å². The van der Waals surface area contributed by atoms with Crippen LogP contribution in [0.2, 0.25) is 0 Å². The minimum atomic E-state index is -0.427. The van der Waals surface area contributed by atoms with Crippen LogP contribution in [0.1, 0.15) is 37.6 Å². The summed E-state index contributed by atoms with van der Waals surface area (Å²) in [5.41, 5.74) is 8.57. The van der Waals surface area contributed by atoms with E-state index < -0.39 is 5.60 Å². The third-order valence-corrected chi connectivity index (χ3v) is 4.17. The lowest BCUT2D eigenvalue weighted by atomic mass is 9.94. The van der Waals surface area contributed by atoms with Gasteiger partial charge in [0.2, 0.25) is 0 Å². The number of anilines is 1. The molecule has 21 heavy (non-hydrogen) atoms. The van der Waals surface area contributed by atoms with E-state index in [0.29, 0.717) is 11.6 Å². The molecule has 0 aliphatic carbocycles. The Bertz CT molecular complexity index is 634. The second-order valence-electron chi connectivity index (χ2n) is 5.81. The minimum Gasteiger partial charge on any atom is -0.383 e. The van der Waals surface area contributed by atoms with Crippen molar-refractivity contribution < 1.29 is 4.74 Å². The van der Waals surface area contributed by atoms with Crippen molar-refractivity contribution in [3.05, 3.63) is 41.7 Å². The number of benzene rings is 1. The Balaban J connectivity index is 2.10. The minimum absolute atomic E-state index is 0.427. The summed E-state index contributed by atoms with van der Waals surface area (Å²) in [7, 11) is 0. The number of hydrogen-bond donors (Lipinski definition) is 1. The fraction of sp³-hybridized carbons (Fsp3) is 0.412. The molecule has 4 heteroatoms. The van der Waals surface area contributed by atoms with E-state index in [1.165, 1.54) is 0 Å². The van der Waals surface area contributed by atoms with E-state index in [0.717, 1.165) is 42.7 Å². The quantitative estimate of drug-likeness (QED) is 0.917. The number of nitrogens with two attached hydrogens (primary N) is 1. The van der Waals surface area contributed by atoms with Crippen LogP contribution in [-0.4, -0.2) is 16.6 Å². The smallest absolute Gasteiger partial charge is 0.162 e. The van der Waals surface area contributed by atoms with Gasteiger partial charge in [0, 0.05) is 17.7 Å². The van der Waals surface area contributed by atoms with Crippen LogP contribution in [0.3, 0.4) is 0 Å². The average Bonchev–Trinajstić information content (AvgIpc) is 2.51. The summed E-state index contributed by atoms with van der Waals surface area (Å²) in [4.78, 5) is 9.28. The van der Waals surface area contributed by atoms with Gasteiger partial charge in [-0.05, 0) is 33.1 Å². The lowest BCUT2D eigenvalue weighted by Crippen LogP contribution is -2.32. The van der Waals surface area contributed by atoms with Crippen molar-refractivity contribution in [2.45, 2.75) is 38.7 Å². The van der Waals surface area contributed by atoms with Crippen LogP contribution in [-0.2, 0) is 10.3 Å². The third-order valence-electron chi connectivity index (χ3n) is 4.17. The van der Waals surface area contributed by atoms with Crippen LogP contribution < -0.4 is 5.73 Å². The highest BCUT2D eigenvalue weighted by atomic mass is 16.5. The van der Waals surface area contributed by atoms with Gasteiger partial charge in [-0.2, -0.15) is 0 Å². The lowest BCUT2D eigenvalue weighted by Gasteiger charge is -2.32. The first kappa shape index (κ1) is 14.0. The molecule has 0 saturated carbocycles. The SMILES string of the molecule is Cc1c(N)nc(C2(C)CCCCO2)nc1-c1ccccc1. The van der Waals surface area contributed by atoms with Gasteiger partial charge in [-0.3, -0.25) is 0 Å². The maximum absolute atomic E-state index is 6.12. The summed E-state index contributed by atoms with van der Waals surface area (Å²) >= 11 is 0. The van der Waals surface area contributed by atoms with Gasteiger partial charge in [0.1, 0.15) is 11.4 Å². The molecule has 1 aromatic carbocycles. The Morgan fingerprint density at radius 1 is 1.14 bits per heavy atom. The summed E-state index contributed by atoms with van der Waals surface area (Å²) in [6.45, 7) is 4.78. The van der Waals surface area contributed by atoms with Crippen LogP contribution in [0.5, 0.6) is 0 Å². The first-order valence-electron chi connectivity index (χ1n) is 7.44. The summed E-state index contributed by atoms with van der Waals surface area (Å²) in [6, 6.07) is 10.1. The summed E-state index contributed by atoms with van der Waals surface area (Å²) < 4.78 is 5.96. The van der Waals surface area contributed by atoms with Crippen LogP contribution in [0, 0.1) is 6.92 Å². The van der Waals surface area contributed by atoms with Crippen LogP contribution in [0.15, 0.2) is 30.3 Å². The number of hydrogen-bond acceptors (Lipinski definition) is 4. The number of nitrogens with zero attached hydrogens (tertiary/aromatic N) is 2. The van der Waals surface area contributed by atoms with Gasteiger partial charge in [-0.1, -0.05) is 30.3 Å². The van der Waals surface area contributed by atoms with Crippen LogP contribution >= 0.6 is 0 Å². The van der Waals surface area contributed by atoms with Gasteiger partial charge in [0.05, 0.1) is 5.69 Å². The Morgan fingerprint density at radius 3 is 2.57 bits per heavy atom. The van der Waals surface area contributed by atoms with Crippen molar-refractivity contribution in [1.29, 1.82) is 0 Å². The number of aromatic nitrogens is 2. The van der Waals surface area contributed by atoms with Gasteiger partial charge in [-0.25, -0.2) is 9.97 Å². The molecule has 0 radical (unpaired) electrons. The predicted octanol–water partition coefficient (Wildman–Crippen LogP) is 3.45. The first-order chi connectivity index (χ1) is 10.1. The molecule has 3 rings (SSSR count). The molecule has 0 bridgehead atoms. The zero-order chi connectivity index (χ0) is 14.9. The molecule has 0 amide bonds. The lowest BCUT2D eigenvalue weighted by molar-refractivity contribution is -0.0759. The van der Waals surface area contributed by atoms with Gasteiger partial charge in [0.15, 0.2) is 5.82 Å². The second-order valence-corrected chi connectivity index (χ2v) is 5.81. The Kier molecular flexibility index (Phi) is 3.64. The van der Waals surface area contributed by atoms with E-state index in [4.69, 9.17) is 15.5 Å². The van der Waals surface area contributed by atoms with Gasteiger partial charge < -0.3 is 10.5 Å². The molecule has 0 spiro atoms. The molecule has 110 valence electrons. The maximum atomic E-state index is 6.12. The van der Waals surface area contributed by atoms with E-state index >= 15 is 0 Å². The number of rotatable bonds is 2. The molecule has 1 fully saturated rings. The molecule has 1 unspecified atom stereocenters. The second kappa shape index (κ2) is 5.45. The summed E-state index contributed by atoms with van der Waals surface area (Å²) in [5.74, 6) is 1.23. The highest BCUT2D eigenvalue weighted by Crippen LogP contribution is 2.35. The van der Waals surface area contributed by atoms with E-state index in [1.54, 1.807) is 0 Å². The van der Waals surface area contributed by atoms with E-state index in [-0.39, 0.29) is 0 Å². The summed E-state index contributed by atoms with van der Waals surface area (Å²) in [6.07, 6.45) is 3.17. The van der Waals surface area contributed by atoms with Crippen LogP contribution in [0.25, 0.3) is 11.3 Å². The van der Waals surface area contributed by atoms with E-state index in [9.17, 15) is 0 Å². The molecule has 1 atom stereocenters. The normalized spacial score (nSPS) is 22.2. The van der Waals surface area contributed by atoms with Crippen molar-refractivity contribution in [3.8, 4) is 11.3 Å². The molecule has 1 aliphatic rings. The molecule has 2 aromatic rings. The fourth-order valence-electron chi connectivity index (χ4n) is 2.76. The van der Waals surface area contributed by atoms with Crippen molar-refractivity contribution in [3.63, 3.8) is 0 Å². The molecular formula is C17H21N3O. The Labute approximate surface area is 125 Å². The maximum Gasteiger partial charge on any atom is 0.162 e. The first-order valence-corrected chi connectivity index (χ1v) is 7.44. The zero-order valence-corrected chi connectivity index (χ0v) is 12.6. The molecule has 2 heterocycles. The van der Waals surface area contributed by atoms with Crippen molar-refractivity contribution in [1.82, 2.24) is 9.97 Å². The predicted molar refractivity (Wildman–Crippen MR) is 83.8 cm³/mol. The highest BCUT2D eigenvalue weighted by Gasteiger charge is 2.34.